The summed E-state index contributed by atoms with van der Waals surface area (Å²) in [7, 11) is 1.59. The van der Waals surface area contributed by atoms with Crippen molar-refractivity contribution in [1.82, 2.24) is 5.32 Å². The number of anilines is 1. The lowest BCUT2D eigenvalue weighted by Gasteiger charge is -2.08. The maximum atomic E-state index is 11.9. The first-order valence-corrected chi connectivity index (χ1v) is 7.81. The first kappa shape index (κ1) is 18.2. The molecule has 2 aromatic rings. The Labute approximate surface area is 146 Å². The van der Waals surface area contributed by atoms with Crippen molar-refractivity contribution in [3.8, 4) is 5.75 Å². The molecule has 0 aliphatic heterocycles. The van der Waals surface area contributed by atoms with E-state index in [9.17, 15) is 14.4 Å². The number of likely N-dealkylation sites (N-methyl/N-ethyl adjacent to an activating group) is 1. The number of carbonyl (C=O) groups is 3. The Morgan fingerprint density at radius 2 is 1.56 bits per heavy atom. The number of hydrogen-bond acceptors (Lipinski definition) is 4. The third-order valence-corrected chi connectivity index (χ3v) is 3.51. The van der Waals surface area contributed by atoms with Gasteiger partial charge in [0.2, 0.25) is 5.91 Å². The van der Waals surface area contributed by atoms with E-state index in [0.717, 1.165) is 5.56 Å². The third-order valence-electron chi connectivity index (χ3n) is 3.51. The number of ketones is 1. The molecular weight excluding hydrogens is 320 g/mol. The molecule has 2 rings (SSSR count). The van der Waals surface area contributed by atoms with Crippen molar-refractivity contribution in [3.63, 3.8) is 0 Å². The van der Waals surface area contributed by atoms with Crippen molar-refractivity contribution in [2.24, 2.45) is 0 Å². The summed E-state index contributed by atoms with van der Waals surface area (Å²) in [4.78, 5) is 34.4. The fraction of sp³-hybridized carbons (Fsp3) is 0.211. The molecule has 0 bridgehead atoms. The van der Waals surface area contributed by atoms with Crippen molar-refractivity contribution < 1.29 is 19.1 Å². The van der Waals surface area contributed by atoms with Crippen LogP contribution in [0.4, 0.5) is 5.69 Å². The van der Waals surface area contributed by atoms with Crippen LogP contribution in [0, 0.1) is 0 Å². The van der Waals surface area contributed by atoms with Crippen LogP contribution in [0.5, 0.6) is 5.75 Å². The highest BCUT2D eigenvalue weighted by Gasteiger charge is 2.06. The minimum atomic E-state index is -0.297. The second-order valence-corrected chi connectivity index (χ2v) is 5.46. The van der Waals surface area contributed by atoms with E-state index < -0.39 is 0 Å². The molecule has 0 aliphatic carbocycles. The Kier molecular flexibility index (Phi) is 6.28. The van der Waals surface area contributed by atoms with Crippen LogP contribution in [0.25, 0.3) is 0 Å². The number of carbonyl (C=O) groups excluding carboxylic acids is 3. The highest BCUT2D eigenvalue weighted by molar-refractivity contribution is 5.94. The van der Waals surface area contributed by atoms with Gasteiger partial charge in [-0.1, -0.05) is 12.1 Å². The summed E-state index contributed by atoms with van der Waals surface area (Å²) in [6.45, 7) is 1.35. The summed E-state index contributed by atoms with van der Waals surface area (Å²) < 4.78 is 5.39. The summed E-state index contributed by atoms with van der Waals surface area (Å²) >= 11 is 0. The fourth-order valence-electron chi connectivity index (χ4n) is 2.11. The van der Waals surface area contributed by atoms with Gasteiger partial charge in [0.25, 0.3) is 5.91 Å². The molecule has 0 heterocycles. The Morgan fingerprint density at radius 1 is 0.920 bits per heavy atom. The van der Waals surface area contributed by atoms with Gasteiger partial charge in [-0.25, -0.2) is 0 Å². The van der Waals surface area contributed by atoms with Crippen LogP contribution in [0.1, 0.15) is 22.8 Å². The molecule has 2 N–H and O–H groups in total. The normalized spacial score (nSPS) is 10.0. The van der Waals surface area contributed by atoms with Gasteiger partial charge in [-0.2, -0.15) is 0 Å². The minimum Gasteiger partial charge on any atom is -0.484 e. The number of ether oxygens (including phenoxy) is 1. The average molecular weight is 340 g/mol. The second kappa shape index (κ2) is 8.63. The van der Waals surface area contributed by atoms with Gasteiger partial charge in [-0.05, 0) is 48.9 Å². The Morgan fingerprint density at radius 3 is 2.12 bits per heavy atom. The molecule has 0 saturated heterocycles. The lowest BCUT2D eigenvalue weighted by molar-refractivity contribution is -0.120. The van der Waals surface area contributed by atoms with Gasteiger partial charge in [0.15, 0.2) is 12.4 Å². The van der Waals surface area contributed by atoms with Gasteiger partial charge in [0, 0.05) is 18.3 Å². The predicted octanol–water partition coefficient (Wildman–Crippen LogP) is 2.20. The first-order chi connectivity index (χ1) is 12.0. The van der Waals surface area contributed by atoms with Crippen LogP contribution in [0.3, 0.4) is 0 Å². The topological polar surface area (TPSA) is 84.5 Å². The summed E-state index contributed by atoms with van der Waals surface area (Å²) in [5.41, 5.74) is 2.08. The lowest BCUT2D eigenvalue weighted by atomic mass is 10.1. The zero-order chi connectivity index (χ0) is 18.2. The van der Waals surface area contributed by atoms with E-state index in [2.05, 4.69) is 10.6 Å². The molecule has 0 fully saturated rings. The van der Waals surface area contributed by atoms with Crippen molar-refractivity contribution in [2.75, 3.05) is 19.0 Å². The number of hydrogen-bond donors (Lipinski definition) is 2. The maximum Gasteiger partial charge on any atom is 0.262 e. The van der Waals surface area contributed by atoms with Gasteiger partial charge < -0.3 is 15.4 Å². The number of benzene rings is 2. The Hall–Kier alpha value is -3.15. The molecule has 0 atom stereocenters. The van der Waals surface area contributed by atoms with Crippen LogP contribution in [0.15, 0.2) is 48.5 Å². The summed E-state index contributed by atoms with van der Waals surface area (Å²) in [5, 5.41) is 5.28. The van der Waals surface area contributed by atoms with E-state index in [4.69, 9.17) is 4.74 Å². The second-order valence-electron chi connectivity index (χ2n) is 5.46. The highest BCUT2D eigenvalue weighted by atomic mass is 16.5. The number of rotatable bonds is 7. The molecule has 0 aromatic heterocycles. The minimum absolute atomic E-state index is 0.0239. The largest absolute Gasteiger partial charge is 0.484 e. The van der Waals surface area contributed by atoms with E-state index in [1.54, 1.807) is 55.6 Å². The van der Waals surface area contributed by atoms with Gasteiger partial charge in [-0.15, -0.1) is 0 Å². The Balaban J connectivity index is 1.83. The molecular formula is C19H20N2O4. The van der Waals surface area contributed by atoms with E-state index in [0.29, 0.717) is 23.4 Å². The van der Waals surface area contributed by atoms with Crippen LogP contribution >= 0.6 is 0 Å². The van der Waals surface area contributed by atoms with Crippen molar-refractivity contribution >= 4 is 23.3 Å². The number of Topliss-reactive ketones (excluding diaryl/α,β-unsaturated/α-hetero) is 1. The van der Waals surface area contributed by atoms with Crippen LogP contribution in [-0.2, 0) is 16.0 Å². The number of nitrogens with one attached hydrogen (secondary N) is 2. The third kappa shape index (κ3) is 5.76. The van der Waals surface area contributed by atoms with Crippen molar-refractivity contribution in [2.45, 2.75) is 13.3 Å². The molecule has 6 nitrogen and oxygen atoms in total. The summed E-state index contributed by atoms with van der Waals surface area (Å²) in [6.07, 6.45) is 0.296. The van der Waals surface area contributed by atoms with Gasteiger partial charge >= 0.3 is 0 Å². The standard InChI is InChI=1S/C19H20N2O4/c1-13(22)15-5-9-17(10-6-15)25-12-19(24)21-16-7-3-14(4-8-16)11-18(23)20-2/h3-10H,11-12H2,1-2H3,(H,20,23)(H,21,24). The molecule has 0 radical (unpaired) electrons. The smallest absolute Gasteiger partial charge is 0.262 e. The molecule has 25 heavy (non-hydrogen) atoms. The molecule has 0 aliphatic rings. The molecule has 130 valence electrons. The highest BCUT2D eigenvalue weighted by Crippen LogP contribution is 2.13. The Bertz CT molecular complexity index is 752. The van der Waals surface area contributed by atoms with Crippen LogP contribution in [-0.4, -0.2) is 31.3 Å². The molecule has 6 heteroatoms. The van der Waals surface area contributed by atoms with Gasteiger partial charge in [0.1, 0.15) is 5.75 Å². The van der Waals surface area contributed by atoms with E-state index >= 15 is 0 Å². The van der Waals surface area contributed by atoms with Crippen LogP contribution < -0.4 is 15.4 Å². The first-order valence-electron chi connectivity index (χ1n) is 7.81. The van der Waals surface area contributed by atoms with Crippen LogP contribution in [0.2, 0.25) is 0 Å². The summed E-state index contributed by atoms with van der Waals surface area (Å²) in [5.74, 6) is 0.126. The zero-order valence-corrected chi connectivity index (χ0v) is 14.2. The molecule has 2 aromatic carbocycles. The molecule has 0 spiro atoms. The van der Waals surface area contributed by atoms with Gasteiger partial charge in [0.05, 0.1) is 6.42 Å². The lowest BCUT2D eigenvalue weighted by Crippen LogP contribution is -2.21. The van der Waals surface area contributed by atoms with Crippen molar-refractivity contribution in [3.05, 3.63) is 59.7 Å². The monoisotopic (exact) mass is 340 g/mol. The fourth-order valence-corrected chi connectivity index (χ4v) is 2.11. The number of amides is 2. The van der Waals surface area contributed by atoms with Crippen molar-refractivity contribution in [1.29, 1.82) is 0 Å². The maximum absolute atomic E-state index is 11.9. The zero-order valence-electron chi connectivity index (χ0n) is 14.2. The quantitative estimate of drug-likeness (QED) is 0.757. The predicted molar refractivity (Wildman–Crippen MR) is 94.8 cm³/mol. The van der Waals surface area contributed by atoms with E-state index in [1.165, 1.54) is 6.92 Å². The summed E-state index contributed by atoms with van der Waals surface area (Å²) in [6, 6.07) is 13.6. The molecule has 0 unspecified atom stereocenters. The van der Waals surface area contributed by atoms with Gasteiger partial charge in [-0.3, -0.25) is 14.4 Å². The average Bonchev–Trinajstić information content (AvgIpc) is 2.62. The SMILES string of the molecule is CNC(=O)Cc1ccc(NC(=O)COc2ccc(C(C)=O)cc2)cc1. The van der Waals surface area contributed by atoms with E-state index in [1.807, 2.05) is 0 Å². The molecule has 2 amide bonds. The molecule has 0 saturated carbocycles. The van der Waals surface area contributed by atoms with E-state index in [-0.39, 0.29) is 24.2 Å².